The van der Waals surface area contributed by atoms with E-state index in [2.05, 4.69) is 4.72 Å². The summed E-state index contributed by atoms with van der Waals surface area (Å²) in [4.78, 5) is 15.1. The van der Waals surface area contributed by atoms with Gasteiger partial charge in [0.25, 0.3) is 0 Å². The molecule has 8 heteroatoms. The van der Waals surface area contributed by atoms with Crippen molar-refractivity contribution in [3.8, 4) is 0 Å². The SMILES string of the molecule is CS(=O)(=O)N[C@H](Cc1ccc(Cl)cc1)C(=O)N1CCC2(CC1)C[N+]21CCCCC1. The highest BCUT2D eigenvalue weighted by Gasteiger charge is 2.69. The maximum atomic E-state index is 13.2. The average molecular weight is 441 g/mol. The van der Waals surface area contributed by atoms with Crippen LogP contribution in [0.1, 0.15) is 37.7 Å². The van der Waals surface area contributed by atoms with E-state index < -0.39 is 16.1 Å². The molecular formula is C21H31ClN3O3S+. The predicted octanol–water partition coefficient (Wildman–Crippen LogP) is 2.18. The Hall–Kier alpha value is -1.15. The number of hydrogen-bond acceptors (Lipinski definition) is 3. The summed E-state index contributed by atoms with van der Waals surface area (Å²) in [5, 5.41) is 0.619. The number of nitrogens with one attached hydrogen (secondary N) is 1. The van der Waals surface area contributed by atoms with Crippen LogP contribution in [0.25, 0.3) is 0 Å². The molecule has 0 bridgehead atoms. The van der Waals surface area contributed by atoms with Crippen molar-refractivity contribution in [2.24, 2.45) is 0 Å². The van der Waals surface area contributed by atoms with Gasteiger partial charge in [0.2, 0.25) is 15.9 Å². The minimum atomic E-state index is -3.49. The Morgan fingerprint density at radius 3 is 2.38 bits per heavy atom. The molecule has 6 nitrogen and oxygen atoms in total. The molecule has 3 heterocycles. The van der Waals surface area contributed by atoms with E-state index in [1.54, 1.807) is 12.1 Å². The van der Waals surface area contributed by atoms with Crippen LogP contribution < -0.4 is 4.72 Å². The Kier molecular flexibility index (Phi) is 5.70. The van der Waals surface area contributed by atoms with Gasteiger partial charge >= 0.3 is 0 Å². The third-order valence-corrected chi connectivity index (χ3v) is 8.15. The van der Waals surface area contributed by atoms with E-state index in [4.69, 9.17) is 11.6 Å². The first-order valence-electron chi connectivity index (χ1n) is 10.6. The fourth-order valence-electron chi connectivity index (χ4n) is 5.57. The van der Waals surface area contributed by atoms with Gasteiger partial charge in [-0.25, -0.2) is 13.1 Å². The van der Waals surface area contributed by atoms with Gasteiger partial charge in [-0.3, -0.25) is 4.79 Å². The summed E-state index contributed by atoms with van der Waals surface area (Å²) in [5.41, 5.74) is 1.27. The Balaban J connectivity index is 1.42. The first-order valence-corrected chi connectivity index (χ1v) is 12.9. The Morgan fingerprint density at radius 2 is 1.79 bits per heavy atom. The summed E-state index contributed by atoms with van der Waals surface area (Å²) in [6, 6.07) is 6.42. The highest BCUT2D eigenvalue weighted by atomic mass is 35.5. The number of nitrogens with zero attached hydrogens (tertiary/aromatic N) is 2. The molecule has 0 aromatic heterocycles. The van der Waals surface area contributed by atoms with E-state index in [0.29, 0.717) is 17.0 Å². The summed E-state index contributed by atoms with van der Waals surface area (Å²) in [6.45, 7) is 5.30. The van der Waals surface area contributed by atoms with Crippen LogP contribution in [-0.4, -0.2) is 74.3 Å². The van der Waals surface area contributed by atoms with Crippen molar-refractivity contribution < 1.29 is 17.7 Å². The summed E-state index contributed by atoms with van der Waals surface area (Å²) >= 11 is 5.94. The van der Waals surface area contributed by atoms with E-state index in [9.17, 15) is 13.2 Å². The van der Waals surface area contributed by atoms with Gasteiger partial charge in [-0.15, -0.1) is 0 Å². The van der Waals surface area contributed by atoms with Crippen molar-refractivity contribution >= 4 is 27.5 Å². The molecule has 2 spiro atoms. The summed E-state index contributed by atoms with van der Waals surface area (Å²) in [6.07, 6.45) is 7.50. The Bertz CT molecular complexity index is 858. The molecule has 160 valence electrons. The Labute approximate surface area is 178 Å². The van der Waals surface area contributed by atoms with Crippen molar-refractivity contribution in [1.29, 1.82) is 0 Å². The lowest BCUT2D eigenvalue weighted by Crippen LogP contribution is -2.54. The number of likely N-dealkylation sites (tertiary alicyclic amines) is 1. The smallest absolute Gasteiger partial charge is 0.241 e. The zero-order valence-corrected chi connectivity index (χ0v) is 18.6. The monoisotopic (exact) mass is 440 g/mol. The molecule has 3 aliphatic rings. The molecule has 1 aromatic carbocycles. The average Bonchev–Trinajstić information content (AvgIpc) is 3.26. The number of fused-ring (bicyclic) bond motifs is 1. The third kappa shape index (κ3) is 4.48. The maximum Gasteiger partial charge on any atom is 0.241 e. The Morgan fingerprint density at radius 1 is 1.17 bits per heavy atom. The van der Waals surface area contributed by atoms with Gasteiger partial charge in [0, 0.05) is 31.0 Å². The topological polar surface area (TPSA) is 66.5 Å². The number of carbonyl (C=O) groups is 1. The highest BCUT2D eigenvalue weighted by Crippen LogP contribution is 2.52. The second-order valence-corrected chi connectivity index (χ2v) is 11.4. The minimum Gasteiger partial charge on any atom is -0.341 e. The van der Waals surface area contributed by atoms with Crippen molar-refractivity contribution in [2.75, 3.05) is 39.0 Å². The molecule has 1 amide bonds. The van der Waals surface area contributed by atoms with Gasteiger partial charge < -0.3 is 9.38 Å². The molecule has 4 rings (SSSR count). The van der Waals surface area contributed by atoms with E-state index in [1.165, 1.54) is 43.4 Å². The van der Waals surface area contributed by atoms with Gasteiger partial charge in [-0.05, 0) is 43.4 Å². The molecule has 1 N–H and O–H groups in total. The van der Waals surface area contributed by atoms with E-state index in [-0.39, 0.29) is 5.91 Å². The largest absolute Gasteiger partial charge is 0.341 e. The molecule has 0 aliphatic carbocycles. The van der Waals surface area contributed by atoms with Gasteiger partial charge in [-0.1, -0.05) is 23.7 Å². The van der Waals surface area contributed by atoms with E-state index in [1.807, 2.05) is 17.0 Å². The van der Waals surface area contributed by atoms with E-state index in [0.717, 1.165) is 37.8 Å². The number of carbonyl (C=O) groups excluding carboxylic acids is 1. The summed E-state index contributed by atoms with van der Waals surface area (Å²) in [7, 11) is -3.49. The zero-order chi connectivity index (χ0) is 20.7. The summed E-state index contributed by atoms with van der Waals surface area (Å²) in [5.74, 6) is -0.119. The standard InChI is InChI=1S/C21H31ClN3O3S/c1-29(27,28)23-19(15-17-5-7-18(22)8-6-17)20(26)24-11-9-21(10-12-24)16-25(21)13-3-2-4-14-25/h5-8,19,23H,2-4,9-16H2,1H3/q+1/t19-/m1/s1. The summed E-state index contributed by atoms with van der Waals surface area (Å²) < 4.78 is 27.6. The molecule has 29 heavy (non-hydrogen) atoms. The van der Waals surface area contributed by atoms with Crippen LogP contribution in [0.2, 0.25) is 5.02 Å². The van der Waals surface area contributed by atoms with Crippen molar-refractivity contribution in [2.45, 2.75) is 50.1 Å². The van der Waals surface area contributed by atoms with Crippen molar-refractivity contribution in [3.63, 3.8) is 0 Å². The number of benzene rings is 1. The lowest BCUT2D eigenvalue weighted by molar-refractivity contribution is -0.836. The van der Waals surface area contributed by atoms with Crippen LogP contribution in [0.3, 0.4) is 0 Å². The maximum absolute atomic E-state index is 13.2. The van der Waals surface area contributed by atoms with Crippen molar-refractivity contribution in [1.82, 2.24) is 9.62 Å². The highest BCUT2D eigenvalue weighted by molar-refractivity contribution is 7.88. The molecule has 3 aliphatic heterocycles. The predicted molar refractivity (Wildman–Crippen MR) is 114 cm³/mol. The first-order chi connectivity index (χ1) is 13.7. The fraction of sp³-hybridized carbons (Fsp3) is 0.667. The molecule has 3 saturated heterocycles. The number of halogens is 1. The van der Waals surface area contributed by atoms with Gasteiger partial charge in [0.15, 0.2) is 5.54 Å². The second kappa shape index (κ2) is 7.84. The van der Waals surface area contributed by atoms with Crippen LogP contribution in [0, 0.1) is 0 Å². The van der Waals surface area contributed by atoms with Gasteiger partial charge in [0.05, 0.1) is 19.3 Å². The number of hydrogen-bond donors (Lipinski definition) is 1. The first kappa shape index (κ1) is 21.1. The number of amides is 1. The van der Waals surface area contributed by atoms with Gasteiger partial charge in [0.1, 0.15) is 12.6 Å². The number of rotatable bonds is 5. The van der Waals surface area contributed by atoms with Crippen LogP contribution in [0.15, 0.2) is 24.3 Å². The van der Waals surface area contributed by atoms with E-state index >= 15 is 0 Å². The second-order valence-electron chi connectivity index (χ2n) is 9.13. The fourth-order valence-corrected chi connectivity index (χ4v) is 6.40. The molecule has 0 radical (unpaired) electrons. The lowest BCUT2D eigenvalue weighted by Gasteiger charge is -2.37. The van der Waals surface area contributed by atoms with Crippen LogP contribution in [0.4, 0.5) is 0 Å². The molecule has 0 unspecified atom stereocenters. The normalized spacial score (nSPS) is 23.9. The molecule has 1 aromatic rings. The number of quaternary nitrogens is 1. The zero-order valence-electron chi connectivity index (χ0n) is 17.1. The molecular weight excluding hydrogens is 410 g/mol. The van der Waals surface area contributed by atoms with Crippen LogP contribution in [0.5, 0.6) is 0 Å². The molecule has 1 atom stereocenters. The molecule has 3 fully saturated rings. The van der Waals surface area contributed by atoms with Crippen molar-refractivity contribution in [3.05, 3.63) is 34.9 Å². The number of piperidine rings is 2. The third-order valence-electron chi connectivity index (χ3n) is 7.19. The minimum absolute atomic E-state index is 0.119. The molecule has 0 saturated carbocycles. The van der Waals surface area contributed by atoms with Gasteiger partial charge in [-0.2, -0.15) is 0 Å². The van der Waals surface area contributed by atoms with Crippen LogP contribution >= 0.6 is 11.6 Å². The van der Waals surface area contributed by atoms with Crippen LogP contribution in [-0.2, 0) is 21.2 Å². The number of sulfonamides is 1. The lowest BCUT2D eigenvalue weighted by atomic mass is 9.94. The quantitative estimate of drug-likeness (QED) is 0.563.